The number of hydrogen-bond donors (Lipinski definition) is 0. The molecule has 0 amide bonds. The van der Waals surface area contributed by atoms with Gasteiger partial charge in [-0.15, -0.1) is 0 Å². The molecule has 0 N–H and O–H groups in total. The minimum absolute atomic E-state index is 0.415. The van der Waals surface area contributed by atoms with Crippen LogP contribution in [-0.4, -0.2) is 17.8 Å². The van der Waals surface area contributed by atoms with Crippen molar-refractivity contribution >= 4 is 18.0 Å². The van der Waals surface area contributed by atoms with Crippen molar-refractivity contribution in [2.45, 2.75) is 25.7 Å². The first-order chi connectivity index (χ1) is 5.35. The molecule has 11 heavy (non-hydrogen) atoms. The van der Waals surface area contributed by atoms with Gasteiger partial charge in [0.25, 0.3) is 0 Å². The van der Waals surface area contributed by atoms with Gasteiger partial charge in [-0.05, 0) is 42.6 Å². The predicted molar refractivity (Wildman–Crippen MR) is 47.8 cm³/mol. The summed E-state index contributed by atoms with van der Waals surface area (Å²) in [5.74, 6) is 3.06. The Labute approximate surface area is 71.9 Å². The van der Waals surface area contributed by atoms with Crippen LogP contribution in [0.25, 0.3) is 0 Å². The molecule has 0 aromatic carbocycles. The largest absolute Gasteiger partial charge is 0.303 e. The first-order valence-electron chi connectivity index (χ1n) is 4.38. The summed E-state index contributed by atoms with van der Waals surface area (Å²) < 4.78 is 0. The Morgan fingerprint density at radius 1 is 1.27 bits per heavy atom. The van der Waals surface area contributed by atoms with Crippen LogP contribution in [0, 0.1) is 11.3 Å². The van der Waals surface area contributed by atoms with Crippen LogP contribution in [0.3, 0.4) is 0 Å². The molecule has 0 radical (unpaired) electrons. The number of rotatable bonds is 1. The van der Waals surface area contributed by atoms with Crippen molar-refractivity contribution < 1.29 is 4.79 Å². The van der Waals surface area contributed by atoms with E-state index >= 15 is 0 Å². The third-order valence-corrected chi connectivity index (χ3v) is 4.12. The molecule has 1 aliphatic carbocycles. The molecule has 1 nitrogen and oxygen atoms in total. The van der Waals surface area contributed by atoms with E-state index in [1.807, 2.05) is 0 Å². The van der Waals surface area contributed by atoms with E-state index < -0.39 is 0 Å². The molecule has 0 unspecified atom stereocenters. The lowest BCUT2D eigenvalue weighted by molar-refractivity contribution is -0.118. The van der Waals surface area contributed by atoms with Crippen molar-refractivity contribution in [1.29, 1.82) is 0 Å². The van der Waals surface area contributed by atoms with E-state index in [0.717, 1.165) is 6.29 Å². The molecular weight excluding hydrogens is 156 g/mol. The molecule has 0 bridgehead atoms. The number of carbonyl (C=O) groups is 1. The number of carbonyl (C=O) groups excluding carboxylic acids is 1. The second-order valence-corrected chi connectivity index (χ2v) is 5.14. The number of hydrogen-bond acceptors (Lipinski definition) is 2. The molecule has 0 atom stereocenters. The first-order valence-corrected chi connectivity index (χ1v) is 5.53. The fourth-order valence-corrected chi connectivity index (χ4v) is 3.72. The maximum Gasteiger partial charge on any atom is 0.123 e. The quantitative estimate of drug-likeness (QED) is 0.561. The summed E-state index contributed by atoms with van der Waals surface area (Å²) in [5, 5.41) is 0. The highest BCUT2D eigenvalue weighted by molar-refractivity contribution is 7.99. The lowest BCUT2D eigenvalue weighted by Crippen LogP contribution is -2.40. The van der Waals surface area contributed by atoms with E-state index in [9.17, 15) is 4.79 Å². The summed E-state index contributed by atoms with van der Waals surface area (Å²) >= 11 is 2.07. The molecule has 0 aromatic rings. The smallest absolute Gasteiger partial charge is 0.123 e. The maximum atomic E-state index is 10.4. The van der Waals surface area contributed by atoms with Gasteiger partial charge in [-0.1, -0.05) is 0 Å². The van der Waals surface area contributed by atoms with E-state index in [0.29, 0.717) is 11.3 Å². The predicted octanol–water partition coefficient (Wildman–Crippen LogP) is 2.11. The molecule has 1 spiro atoms. The second-order valence-electron chi connectivity index (χ2n) is 3.92. The first kappa shape index (κ1) is 7.66. The molecular formula is C9H14OS. The summed E-state index contributed by atoms with van der Waals surface area (Å²) in [4.78, 5) is 10.4. The Bertz CT molecular complexity index is 153. The van der Waals surface area contributed by atoms with Gasteiger partial charge in [0.2, 0.25) is 0 Å². The van der Waals surface area contributed by atoms with Gasteiger partial charge in [-0.25, -0.2) is 0 Å². The highest BCUT2D eigenvalue weighted by Gasteiger charge is 2.44. The van der Waals surface area contributed by atoms with Crippen molar-refractivity contribution in [2.75, 3.05) is 11.5 Å². The summed E-state index contributed by atoms with van der Waals surface area (Å²) in [6, 6.07) is 0. The Hall–Kier alpha value is 0.0200. The normalized spacial score (nSPS) is 29.8. The van der Waals surface area contributed by atoms with Crippen LogP contribution < -0.4 is 0 Å². The van der Waals surface area contributed by atoms with Crippen LogP contribution in [0.5, 0.6) is 0 Å². The van der Waals surface area contributed by atoms with Crippen molar-refractivity contribution in [3.05, 3.63) is 0 Å². The van der Waals surface area contributed by atoms with Crippen LogP contribution in [-0.2, 0) is 4.79 Å². The van der Waals surface area contributed by atoms with Gasteiger partial charge in [0.05, 0.1) is 0 Å². The summed E-state index contributed by atoms with van der Waals surface area (Å²) in [6.07, 6.45) is 6.26. The number of aldehydes is 1. The molecule has 0 aromatic heterocycles. The summed E-state index contributed by atoms with van der Waals surface area (Å²) in [7, 11) is 0. The molecule has 62 valence electrons. The molecule has 1 saturated carbocycles. The molecule has 2 heteroatoms. The molecule has 2 fully saturated rings. The van der Waals surface area contributed by atoms with E-state index in [4.69, 9.17) is 0 Å². The van der Waals surface area contributed by atoms with Gasteiger partial charge in [0.15, 0.2) is 0 Å². The van der Waals surface area contributed by atoms with Gasteiger partial charge in [0.1, 0.15) is 6.29 Å². The van der Waals surface area contributed by atoms with E-state index in [1.54, 1.807) is 0 Å². The highest BCUT2D eigenvalue weighted by atomic mass is 32.2. The molecule has 1 aliphatic heterocycles. The van der Waals surface area contributed by atoms with Gasteiger partial charge in [-0.3, -0.25) is 0 Å². The third-order valence-electron chi connectivity index (χ3n) is 3.14. The van der Waals surface area contributed by atoms with E-state index in [2.05, 4.69) is 11.8 Å². The highest BCUT2D eigenvalue weighted by Crippen LogP contribution is 2.52. The van der Waals surface area contributed by atoms with Crippen LogP contribution >= 0.6 is 11.8 Å². The van der Waals surface area contributed by atoms with Crippen LogP contribution in [0.4, 0.5) is 0 Å². The Balaban J connectivity index is 1.88. The van der Waals surface area contributed by atoms with Crippen LogP contribution in [0.15, 0.2) is 0 Å². The summed E-state index contributed by atoms with van der Waals surface area (Å²) in [6.45, 7) is 0. The molecule has 2 rings (SSSR count). The zero-order chi connectivity index (χ0) is 7.73. The van der Waals surface area contributed by atoms with Gasteiger partial charge in [0, 0.05) is 5.92 Å². The van der Waals surface area contributed by atoms with Gasteiger partial charge in [-0.2, -0.15) is 11.8 Å². The van der Waals surface area contributed by atoms with Crippen molar-refractivity contribution in [2.24, 2.45) is 11.3 Å². The fourth-order valence-electron chi connectivity index (χ4n) is 2.36. The molecule has 1 heterocycles. The van der Waals surface area contributed by atoms with Crippen molar-refractivity contribution in [1.82, 2.24) is 0 Å². The van der Waals surface area contributed by atoms with E-state index in [-0.39, 0.29) is 0 Å². The fraction of sp³-hybridized carbons (Fsp3) is 0.889. The maximum absolute atomic E-state index is 10.4. The lowest BCUT2D eigenvalue weighted by Gasteiger charge is -2.48. The van der Waals surface area contributed by atoms with Crippen LogP contribution in [0.1, 0.15) is 25.7 Å². The minimum Gasteiger partial charge on any atom is -0.303 e. The standard InChI is InChI=1S/C9H14OS/c10-7-8-5-9(6-8)1-3-11-4-2-9/h7-8H,1-6H2. The van der Waals surface area contributed by atoms with E-state index in [1.165, 1.54) is 37.2 Å². The average Bonchev–Trinajstić information content (AvgIpc) is 2.01. The third kappa shape index (κ3) is 1.33. The van der Waals surface area contributed by atoms with Crippen molar-refractivity contribution in [3.63, 3.8) is 0 Å². The zero-order valence-corrected chi connectivity index (χ0v) is 7.53. The lowest BCUT2D eigenvalue weighted by atomic mass is 9.59. The SMILES string of the molecule is O=CC1CC2(CCSCC2)C1. The average molecular weight is 170 g/mol. The molecule has 2 aliphatic rings. The molecule has 1 saturated heterocycles. The Morgan fingerprint density at radius 2 is 1.91 bits per heavy atom. The van der Waals surface area contributed by atoms with Gasteiger partial charge < -0.3 is 4.79 Å². The summed E-state index contributed by atoms with van der Waals surface area (Å²) in [5.41, 5.74) is 0.622. The second kappa shape index (κ2) is 2.81. The Morgan fingerprint density at radius 3 is 2.45 bits per heavy atom. The zero-order valence-electron chi connectivity index (χ0n) is 6.71. The topological polar surface area (TPSA) is 17.1 Å². The van der Waals surface area contributed by atoms with Crippen molar-refractivity contribution in [3.8, 4) is 0 Å². The Kier molecular flexibility index (Phi) is 1.96. The van der Waals surface area contributed by atoms with Gasteiger partial charge >= 0.3 is 0 Å². The monoisotopic (exact) mass is 170 g/mol. The number of thioether (sulfide) groups is 1. The van der Waals surface area contributed by atoms with Crippen LogP contribution in [0.2, 0.25) is 0 Å². The minimum atomic E-state index is 0.415.